The van der Waals surface area contributed by atoms with Crippen LogP contribution >= 0.6 is 0 Å². The first kappa shape index (κ1) is 24.2. The van der Waals surface area contributed by atoms with Crippen LogP contribution in [-0.2, 0) is 4.74 Å². The zero-order valence-corrected chi connectivity index (χ0v) is 18.9. The minimum absolute atomic E-state index is 0.0473. The van der Waals surface area contributed by atoms with Gasteiger partial charge in [-0.3, -0.25) is 4.79 Å². The number of nitrogens with two attached hydrogens (primary N) is 1. The third-order valence-corrected chi connectivity index (χ3v) is 6.01. The number of halogens is 3. The zero-order chi connectivity index (χ0) is 23.7. The molecule has 0 saturated carbocycles. The van der Waals surface area contributed by atoms with Crippen LogP contribution in [0.4, 0.5) is 23.7 Å². The molecule has 6 nitrogen and oxygen atoms in total. The van der Waals surface area contributed by atoms with E-state index in [2.05, 4.69) is 0 Å². The highest BCUT2D eigenvalue weighted by molar-refractivity contribution is 5.95. The van der Waals surface area contributed by atoms with E-state index in [1.807, 2.05) is 20.8 Å². The molecule has 1 aromatic carbocycles. The lowest BCUT2D eigenvalue weighted by Crippen LogP contribution is -2.44. The van der Waals surface area contributed by atoms with Gasteiger partial charge < -0.3 is 20.3 Å². The van der Waals surface area contributed by atoms with Crippen LogP contribution in [0.5, 0.6) is 0 Å². The van der Waals surface area contributed by atoms with Crippen molar-refractivity contribution in [3.05, 3.63) is 29.3 Å². The first-order valence-electron chi connectivity index (χ1n) is 11.1. The normalized spacial score (nSPS) is 20.9. The summed E-state index contributed by atoms with van der Waals surface area (Å²) in [6.45, 7) is 6.51. The Balaban J connectivity index is 1.67. The number of carbonyl (C=O) groups is 2. The number of amides is 2. The highest BCUT2D eigenvalue weighted by atomic mass is 19.4. The molecule has 3 rings (SSSR count). The summed E-state index contributed by atoms with van der Waals surface area (Å²) in [7, 11) is 0. The Morgan fingerprint density at radius 1 is 1.00 bits per heavy atom. The van der Waals surface area contributed by atoms with Crippen molar-refractivity contribution in [1.82, 2.24) is 9.80 Å². The largest absolute Gasteiger partial charge is 0.444 e. The fourth-order valence-corrected chi connectivity index (χ4v) is 4.37. The van der Waals surface area contributed by atoms with Crippen LogP contribution < -0.4 is 5.73 Å². The first-order chi connectivity index (χ1) is 14.8. The number of hydrogen-bond donors (Lipinski definition) is 1. The van der Waals surface area contributed by atoms with E-state index in [4.69, 9.17) is 10.5 Å². The third kappa shape index (κ3) is 6.07. The van der Waals surface area contributed by atoms with E-state index in [0.29, 0.717) is 50.1 Å². The van der Waals surface area contributed by atoms with E-state index in [1.54, 1.807) is 17.0 Å². The van der Waals surface area contributed by atoms with E-state index in [0.717, 1.165) is 5.56 Å². The molecule has 2 saturated heterocycles. The van der Waals surface area contributed by atoms with Gasteiger partial charge in [0.1, 0.15) is 5.60 Å². The maximum atomic E-state index is 13.1. The maximum Gasteiger partial charge on any atom is 0.410 e. The van der Waals surface area contributed by atoms with Crippen molar-refractivity contribution in [3.63, 3.8) is 0 Å². The first-order valence-corrected chi connectivity index (χ1v) is 11.1. The van der Waals surface area contributed by atoms with Crippen molar-refractivity contribution in [2.75, 3.05) is 31.9 Å². The minimum Gasteiger partial charge on any atom is -0.444 e. The predicted molar refractivity (Wildman–Crippen MR) is 115 cm³/mol. The van der Waals surface area contributed by atoms with Crippen molar-refractivity contribution in [2.45, 2.75) is 64.1 Å². The number of nitrogens with zero attached hydrogens (tertiary/aromatic N) is 2. The quantitative estimate of drug-likeness (QED) is 0.650. The second-order valence-electron chi connectivity index (χ2n) is 9.76. The Labute approximate surface area is 186 Å². The molecule has 9 heteroatoms. The van der Waals surface area contributed by atoms with E-state index in [1.165, 1.54) is 11.0 Å². The van der Waals surface area contributed by atoms with Gasteiger partial charge in [-0.05, 0) is 76.1 Å². The van der Waals surface area contributed by atoms with Crippen LogP contribution in [0.15, 0.2) is 18.2 Å². The second-order valence-corrected chi connectivity index (χ2v) is 9.76. The molecule has 2 heterocycles. The summed E-state index contributed by atoms with van der Waals surface area (Å²) in [6.07, 6.45) is -2.89. The number of benzene rings is 1. The lowest BCUT2D eigenvalue weighted by atomic mass is 9.88. The van der Waals surface area contributed by atoms with E-state index >= 15 is 0 Å². The molecule has 1 atom stereocenters. The average Bonchev–Trinajstić information content (AvgIpc) is 2.71. The molecule has 0 aromatic heterocycles. The Bertz CT molecular complexity index is 843. The molecule has 2 N–H and O–H groups in total. The minimum atomic E-state index is -4.30. The fraction of sp³-hybridized carbons (Fsp3) is 0.652. The Kier molecular flexibility index (Phi) is 6.95. The Morgan fingerprint density at radius 2 is 1.66 bits per heavy atom. The average molecular weight is 456 g/mol. The van der Waals surface area contributed by atoms with Gasteiger partial charge in [-0.25, -0.2) is 4.79 Å². The monoisotopic (exact) mass is 455 g/mol. The van der Waals surface area contributed by atoms with Gasteiger partial charge in [-0.1, -0.05) is 0 Å². The summed E-state index contributed by atoms with van der Waals surface area (Å²) in [5.74, 6) is -1.80. The number of rotatable bonds is 2. The van der Waals surface area contributed by atoms with Crippen molar-refractivity contribution in [2.24, 2.45) is 5.92 Å². The van der Waals surface area contributed by atoms with Gasteiger partial charge >= 0.3 is 12.3 Å². The molecule has 2 aliphatic heterocycles. The van der Waals surface area contributed by atoms with Crippen molar-refractivity contribution < 1.29 is 27.5 Å². The van der Waals surface area contributed by atoms with Gasteiger partial charge in [0.05, 0.1) is 5.92 Å². The number of piperidine rings is 2. The van der Waals surface area contributed by atoms with Crippen LogP contribution in [0.25, 0.3) is 0 Å². The Hall–Kier alpha value is -2.45. The molecule has 2 amide bonds. The van der Waals surface area contributed by atoms with Crippen LogP contribution in [0, 0.1) is 5.92 Å². The molecule has 1 aromatic rings. The highest BCUT2D eigenvalue weighted by Gasteiger charge is 2.42. The molecule has 0 bridgehead atoms. The number of carbonyl (C=O) groups excluding carboxylic acids is 2. The summed E-state index contributed by atoms with van der Waals surface area (Å²) in [5.41, 5.74) is 7.08. The molecule has 2 aliphatic rings. The maximum absolute atomic E-state index is 13.1. The zero-order valence-electron chi connectivity index (χ0n) is 18.9. The van der Waals surface area contributed by atoms with Gasteiger partial charge in [0, 0.05) is 37.4 Å². The lowest BCUT2D eigenvalue weighted by Gasteiger charge is -2.35. The van der Waals surface area contributed by atoms with Gasteiger partial charge in [0.15, 0.2) is 0 Å². The molecular formula is C23H32F3N3O3. The number of likely N-dealkylation sites (tertiary alicyclic amines) is 2. The molecule has 2 fully saturated rings. The van der Waals surface area contributed by atoms with E-state index in [9.17, 15) is 22.8 Å². The van der Waals surface area contributed by atoms with Crippen LogP contribution in [-0.4, -0.2) is 59.8 Å². The number of hydrogen-bond acceptors (Lipinski definition) is 4. The number of nitrogen functional groups attached to an aromatic ring is 1. The summed E-state index contributed by atoms with van der Waals surface area (Å²) in [6, 6.07) is 5.07. The summed E-state index contributed by atoms with van der Waals surface area (Å²) >= 11 is 0. The van der Waals surface area contributed by atoms with Crippen molar-refractivity contribution >= 4 is 17.7 Å². The molecular weight excluding hydrogens is 423 g/mol. The summed E-state index contributed by atoms with van der Waals surface area (Å²) in [5, 5.41) is 0. The fourth-order valence-electron chi connectivity index (χ4n) is 4.37. The SMILES string of the molecule is CC(C)(C)OC(=O)N1CCC(c2cc(N)cc(C(=O)N3CCCC(C(F)(F)F)C3)c2)CC1. The number of alkyl halides is 3. The van der Waals surface area contributed by atoms with Crippen LogP contribution in [0.3, 0.4) is 0 Å². The van der Waals surface area contributed by atoms with Crippen LogP contribution in [0.2, 0.25) is 0 Å². The van der Waals surface area contributed by atoms with E-state index in [-0.39, 0.29) is 25.0 Å². The summed E-state index contributed by atoms with van der Waals surface area (Å²) < 4.78 is 44.8. The van der Waals surface area contributed by atoms with Crippen molar-refractivity contribution in [3.8, 4) is 0 Å². The Morgan fingerprint density at radius 3 is 2.25 bits per heavy atom. The molecule has 0 spiro atoms. The lowest BCUT2D eigenvalue weighted by molar-refractivity contribution is -0.184. The molecule has 32 heavy (non-hydrogen) atoms. The van der Waals surface area contributed by atoms with Crippen molar-refractivity contribution in [1.29, 1.82) is 0 Å². The third-order valence-electron chi connectivity index (χ3n) is 6.01. The highest BCUT2D eigenvalue weighted by Crippen LogP contribution is 2.35. The van der Waals surface area contributed by atoms with Crippen LogP contribution in [0.1, 0.15) is 68.3 Å². The van der Waals surface area contributed by atoms with Gasteiger partial charge in [-0.15, -0.1) is 0 Å². The molecule has 0 aliphatic carbocycles. The number of anilines is 1. The van der Waals surface area contributed by atoms with Gasteiger partial charge in [0.25, 0.3) is 5.91 Å². The predicted octanol–water partition coefficient (Wildman–Crippen LogP) is 4.80. The molecule has 1 unspecified atom stereocenters. The molecule has 0 radical (unpaired) electrons. The summed E-state index contributed by atoms with van der Waals surface area (Å²) in [4.78, 5) is 28.2. The van der Waals surface area contributed by atoms with Gasteiger partial charge in [-0.2, -0.15) is 13.2 Å². The van der Waals surface area contributed by atoms with E-state index < -0.39 is 23.6 Å². The smallest absolute Gasteiger partial charge is 0.410 e. The van der Waals surface area contributed by atoms with Gasteiger partial charge in [0.2, 0.25) is 0 Å². The molecule has 178 valence electrons. The standard InChI is InChI=1S/C23H32F3N3O3/c1-22(2,3)32-21(31)28-9-6-15(7-10-28)16-11-17(13-19(27)12-16)20(30)29-8-4-5-18(14-29)23(24,25)26/h11-13,15,18H,4-10,14,27H2,1-3H3. The number of ether oxygens (including phenoxy) is 1. The second kappa shape index (κ2) is 9.19. The topological polar surface area (TPSA) is 75.9 Å².